The van der Waals surface area contributed by atoms with Gasteiger partial charge in [-0.1, -0.05) is 69.5 Å². The van der Waals surface area contributed by atoms with E-state index >= 15 is 0 Å². The van der Waals surface area contributed by atoms with Gasteiger partial charge in [-0.3, -0.25) is 24.0 Å². The molecule has 3 rings (SSSR count). The first-order valence-electron chi connectivity index (χ1n) is 20.6. The van der Waals surface area contributed by atoms with Crippen molar-refractivity contribution in [2.75, 3.05) is 20.3 Å². The van der Waals surface area contributed by atoms with Gasteiger partial charge in [-0.2, -0.15) is 5.06 Å². The third kappa shape index (κ3) is 16.6. The molecule has 1 aromatic heterocycles. The minimum atomic E-state index is -1.80. The van der Waals surface area contributed by atoms with Gasteiger partial charge in [0.1, 0.15) is 29.8 Å². The zero-order chi connectivity index (χ0) is 48.3. The molecule has 1 heterocycles. The summed E-state index contributed by atoms with van der Waals surface area (Å²) in [4.78, 5) is 119. The Morgan fingerprint density at radius 3 is 2.20 bits per heavy atom. The molecule has 0 aliphatic carbocycles. The first kappa shape index (κ1) is 51.9. The number of hydrogen-bond donors (Lipinski definition) is 5. The quantitative estimate of drug-likeness (QED) is 0.0263. The molecule has 3 atom stereocenters. The van der Waals surface area contributed by atoms with Crippen molar-refractivity contribution in [3.8, 4) is 17.1 Å². The minimum Gasteiger partial charge on any atom is -0.481 e. The second kappa shape index (κ2) is 25.0. The molecule has 65 heavy (non-hydrogen) atoms. The molecule has 0 bridgehead atoms. The Morgan fingerprint density at radius 1 is 0.877 bits per heavy atom. The van der Waals surface area contributed by atoms with Gasteiger partial charge in [-0.05, 0) is 63.4 Å². The summed E-state index contributed by atoms with van der Waals surface area (Å²) in [5.74, 6) is -7.52. The van der Waals surface area contributed by atoms with Crippen LogP contribution in [-0.2, 0) is 44.9 Å². The normalized spacial score (nSPS) is 12.3. The monoisotopic (exact) mass is 909 g/mol. The number of carboxylic acids is 2. The summed E-state index contributed by atoms with van der Waals surface area (Å²) in [6.07, 6.45) is -0.323. The summed E-state index contributed by atoms with van der Waals surface area (Å²) in [6, 6.07) is 12.6. The Labute approximate surface area is 374 Å². The molecule has 0 saturated heterocycles. The van der Waals surface area contributed by atoms with Crippen LogP contribution in [0.1, 0.15) is 99.6 Å². The number of ether oxygens (including phenoxy) is 3. The number of carbonyl (C=O) groups is 9. The first-order chi connectivity index (χ1) is 30.8. The molecule has 0 saturated carbocycles. The first-order valence-corrected chi connectivity index (χ1v) is 20.6. The zero-order valence-corrected chi connectivity index (χ0v) is 37.0. The van der Waals surface area contributed by atoms with Crippen LogP contribution in [0.4, 0.5) is 9.59 Å². The van der Waals surface area contributed by atoms with E-state index in [4.69, 9.17) is 28.6 Å². The van der Waals surface area contributed by atoms with E-state index in [0.29, 0.717) is 21.9 Å². The fourth-order valence-electron chi connectivity index (χ4n) is 6.03. The van der Waals surface area contributed by atoms with E-state index in [1.54, 1.807) is 58.0 Å². The van der Waals surface area contributed by atoms with Crippen LogP contribution in [0.2, 0.25) is 0 Å². The van der Waals surface area contributed by atoms with E-state index in [9.17, 15) is 48.3 Å². The van der Waals surface area contributed by atoms with E-state index in [1.807, 2.05) is 6.92 Å². The maximum Gasteiger partial charge on any atom is 0.443 e. The number of nitrogens with zero attached hydrogens (tertiary/aromatic N) is 2. The third-order valence-electron chi connectivity index (χ3n) is 9.32. The molecule has 3 aromatic rings. The highest BCUT2D eigenvalue weighted by atomic mass is 16.7. The lowest BCUT2D eigenvalue weighted by molar-refractivity contribution is -0.172. The SMILES string of the molecule is CCCCCC(C(=O)NCNC(=O)c1ccc(-c2ccc(C(=O)NC(CC(=O)O)C(=O)O)c(OCC(=O)OCc3ccccc3)c2)o1)C(CC)N(C=O)OC(=O)N(C)C(=O)OC(C)(C)C. The van der Waals surface area contributed by atoms with Gasteiger partial charge < -0.3 is 49.6 Å². The summed E-state index contributed by atoms with van der Waals surface area (Å²) < 4.78 is 21.8. The van der Waals surface area contributed by atoms with Crippen molar-refractivity contribution in [3.05, 3.63) is 77.6 Å². The number of aliphatic carboxylic acids is 2. The van der Waals surface area contributed by atoms with Gasteiger partial charge in [0.15, 0.2) is 12.4 Å². The maximum absolute atomic E-state index is 13.6. The molecule has 3 unspecified atom stereocenters. The van der Waals surface area contributed by atoms with E-state index in [1.165, 1.54) is 30.3 Å². The smallest absolute Gasteiger partial charge is 0.443 e. The van der Waals surface area contributed by atoms with Crippen molar-refractivity contribution < 1.29 is 76.8 Å². The van der Waals surface area contributed by atoms with E-state index < -0.39 is 91.1 Å². The predicted molar refractivity (Wildman–Crippen MR) is 228 cm³/mol. The van der Waals surface area contributed by atoms with Crippen molar-refractivity contribution in [2.45, 2.75) is 97.4 Å². The van der Waals surface area contributed by atoms with Gasteiger partial charge in [0.25, 0.3) is 11.8 Å². The van der Waals surface area contributed by atoms with Crippen LogP contribution in [0.25, 0.3) is 11.3 Å². The number of benzene rings is 2. The summed E-state index contributed by atoms with van der Waals surface area (Å²) in [6.45, 7) is 7.32. The van der Waals surface area contributed by atoms with Gasteiger partial charge in [0, 0.05) is 12.6 Å². The predicted octanol–water partition coefficient (Wildman–Crippen LogP) is 4.88. The molecule has 21 nitrogen and oxygen atoms in total. The second-order valence-electron chi connectivity index (χ2n) is 15.4. The molecule has 0 fully saturated rings. The molecule has 21 heteroatoms. The van der Waals surface area contributed by atoms with Crippen LogP contribution >= 0.6 is 0 Å². The summed E-state index contributed by atoms with van der Waals surface area (Å²) in [5.41, 5.74) is -0.242. The van der Waals surface area contributed by atoms with Crippen molar-refractivity contribution in [1.29, 1.82) is 0 Å². The number of nitrogens with one attached hydrogen (secondary N) is 3. The second-order valence-corrected chi connectivity index (χ2v) is 15.4. The molecule has 6 amide bonds. The number of amides is 6. The fourth-order valence-corrected chi connectivity index (χ4v) is 6.03. The lowest BCUT2D eigenvalue weighted by Crippen LogP contribution is -2.50. The largest absolute Gasteiger partial charge is 0.481 e. The Bertz CT molecular complexity index is 2150. The average molecular weight is 910 g/mol. The van der Waals surface area contributed by atoms with Gasteiger partial charge >= 0.3 is 30.1 Å². The number of rotatable bonds is 24. The van der Waals surface area contributed by atoms with Gasteiger partial charge in [-0.15, -0.1) is 0 Å². The topological polar surface area (TPSA) is 287 Å². The molecule has 0 radical (unpaired) electrons. The number of carbonyl (C=O) groups excluding carboxylic acids is 7. The number of imide groups is 1. The molecular weight excluding hydrogens is 855 g/mol. The van der Waals surface area contributed by atoms with Crippen molar-refractivity contribution in [1.82, 2.24) is 25.9 Å². The lowest BCUT2D eigenvalue weighted by Gasteiger charge is -2.32. The molecule has 0 aliphatic rings. The van der Waals surface area contributed by atoms with Crippen molar-refractivity contribution in [2.24, 2.45) is 5.92 Å². The fraction of sp³-hybridized carbons (Fsp3) is 0.432. The van der Waals surface area contributed by atoms with Crippen LogP contribution in [0, 0.1) is 5.92 Å². The van der Waals surface area contributed by atoms with Crippen LogP contribution in [-0.4, -0.2) is 112 Å². The number of hydrogen-bond acceptors (Lipinski definition) is 14. The molecule has 5 N–H and O–H groups in total. The highest BCUT2D eigenvalue weighted by Crippen LogP contribution is 2.30. The van der Waals surface area contributed by atoms with Crippen LogP contribution < -0.4 is 20.7 Å². The van der Waals surface area contributed by atoms with E-state index in [2.05, 4.69) is 16.0 Å². The van der Waals surface area contributed by atoms with Crippen LogP contribution in [0.5, 0.6) is 5.75 Å². The Balaban J connectivity index is 1.76. The average Bonchev–Trinajstić information content (AvgIpc) is 3.76. The minimum absolute atomic E-state index is 0.0712. The summed E-state index contributed by atoms with van der Waals surface area (Å²) in [7, 11) is 1.11. The number of furan rings is 1. The highest BCUT2D eigenvalue weighted by Gasteiger charge is 2.35. The van der Waals surface area contributed by atoms with Crippen LogP contribution in [0.3, 0.4) is 0 Å². The number of carboxylic acid groups (broad SMARTS) is 2. The van der Waals surface area contributed by atoms with Crippen molar-refractivity contribution in [3.63, 3.8) is 0 Å². The maximum atomic E-state index is 13.6. The molecule has 352 valence electrons. The van der Waals surface area contributed by atoms with Crippen LogP contribution in [0.15, 0.2) is 65.1 Å². The van der Waals surface area contributed by atoms with Gasteiger partial charge in [-0.25, -0.2) is 24.1 Å². The summed E-state index contributed by atoms with van der Waals surface area (Å²) in [5, 5.41) is 26.5. The molecule has 0 spiro atoms. The van der Waals surface area contributed by atoms with Crippen molar-refractivity contribution >= 4 is 54.2 Å². The molecule has 2 aromatic carbocycles. The Kier molecular flexibility index (Phi) is 20.0. The van der Waals surface area contributed by atoms with Gasteiger partial charge in [0.2, 0.25) is 12.3 Å². The Morgan fingerprint density at radius 2 is 1.58 bits per heavy atom. The number of esters is 1. The molecular formula is C44H55N5O16. The highest BCUT2D eigenvalue weighted by molar-refractivity contribution is 6.00. The number of unbranched alkanes of at least 4 members (excludes halogenated alkanes) is 2. The number of hydroxylamine groups is 2. The third-order valence-corrected chi connectivity index (χ3v) is 9.32. The van der Waals surface area contributed by atoms with E-state index in [0.717, 1.165) is 19.9 Å². The molecule has 0 aliphatic heterocycles. The lowest BCUT2D eigenvalue weighted by atomic mass is 9.90. The van der Waals surface area contributed by atoms with E-state index in [-0.39, 0.29) is 54.3 Å². The zero-order valence-electron chi connectivity index (χ0n) is 37.0. The summed E-state index contributed by atoms with van der Waals surface area (Å²) >= 11 is 0. The van der Waals surface area contributed by atoms with Gasteiger partial charge in [0.05, 0.1) is 30.6 Å². The Hall–Kier alpha value is -7.45. The standard InChI is InChI=1S/C44H55N5O16/c1-7-9-11-16-29(32(8-2)49(26-50)65-43(60)48(6)42(59)64-44(3,4)5)38(54)45-25-46-40(56)34-20-19-33(63-34)28-17-18-30(39(55)47-31(41(57)58)22-36(51)52)35(21-28)61-24-37(53)62-23-27-14-12-10-13-15-27/h10,12-15,17-21,26,29,31-32H,7-9,11,16,22-25H2,1-6H3,(H,45,54)(H,46,56)(H,47,55)(H,51,52)(H,57,58).